The molecular weight excluding hydrogens is 312 g/mol. The zero-order chi connectivity index (χ0) is 16.3. The van der Waals surface area contributed by atoms with E-state index in [1.54, 1.807) is 8.61 Å². The highest BCUT2D eigenvalue weighted by Crippen LogP contribution is 2.37. The summed E-state index contributed by atoms with van der Waals surface area (Å²) in [5.74, 6) is 0.295. The van der Waals surface area contributed by atoms with Crippen LogP contribution >= 0.6 is 0 Å². The predicted molar refractivity (Wildman–Crippen MR) is 89.9 cm³/mol. The van der Waals surface area contributed by atoms with Crippen LogP contribution in [-0.4, -0.2) is 47.9 Å². The summed E-state index contributed by atoms with van der Waals surface area (Å²) in [6.45, 7) is 1.42. The average Bonchev–Trinajstić information content (AvgIpc) is 3.41. The number of aliphatic hydroxyl groups is 1. The molecule has 1 unspecified atom stereocenters. The van der Waals surface area contributed by atoms with Crippen LogP contribution in [-0.2, 0) is 16.8 Å². The average molecular weight is 338 g/mol. The van der Waals surface area contributed by atoms with Gasteiger partial charge in [0.1, 0.15) is 0 Å². The molecule has 1 saturated heterocycles. The van der Waals surface area contributed by atoms with Crippen LogP contribution in [0.15, 0.2) is 30.3 Å². The predicted octanol–water partition coefficient (Wildman–Crippen LogP) is 1.99. The van der Waals surface area contributed by atoms with Crippen LogP contribution < -0.4 is 0 Å². The first-order chi connectivity index (χ1) is 11.1. The summed E-state index contributed by atoms with van der Waals surface area (Å²) in [5, 5.41) is 9.82. The van der Waals surface area contributed by atoms with Crippen molar-refractivity contribution in [2.24, 2.45) is 5.92 Å². The normalized spacial score (nSPS) is 21.5. The maximum atomic E-state index is 13.2. The second-order valence-electron chi connectivity index (χ2n) is 6.59. The van der Waals surface area contributed by atoms with Gasteiger partial charge in [-0.3, -0.25) is 0 Å². The van der Waals surface area contributed by atoms with Gasteiger partial charge in [-0.05, 0) is 37.2 Å². The van der Waals surface area contributed by atoms with Crippen molar-refractivity contribution in [1.82, 2.24) is 8.61 Å². The Morgan fingerprint density at radius 3 is 2.35 bits per heavy atom. The van der Waals surface area contributed by atoms with Gasteiger partial charge in [0.05, 0.1) is 12.6 Å². The van der Waals surface area contributed by atoms with Crippen LogP contribution in [0.4, 0.5) is 0 Å². The lowest BCUT2D eigenvalue weighted by Crippen LogP contribution is -2.51. The molecule has 1 atom stereocenters. The number of hydrogen-bond donors (Lipinski definition) is 1. The van der Waals surface area contributed by atoms with Gasteiger partial charge in [-0.2, -0.15) is 17.0 Å². The zero-order valence-electron chi connectivity index (χ0n) is 13.5. The minimum absolute atomic E-state index is 0.107. The van der Waals surface area contributed by atoms with Gasteiger partial charge >= 0.3 is 0 Å². The van der Waals surface area contributed by atoms with Crippen molar-refractivity contribution in [1.29, 1.82) is 0 Å². The van der Waals surface area contributed by atoms with Crippen molar-refractivity contribution >= 4 is 10.2 Å². The summed E-state index contributed by atoms with van der Waals surface area (Å²) in [6, 6.07) is 9.36. The van der Waals surface area contributed by atoms with E-state index in [4.69, 9.17) is 0 Å². The summed E-state index contributed by atoms with van der Waals surface area (Å²) < 4.78 is 29.5. The Morgan fingerprint density at radius 1 is 1.13 bits per heavy atom. The van der Waals surface area contributed by atoms with E-state index >= 15 is 0 Å². The number of aliphatic hydroxyl groups excluding tert-OH is 1. The van der Waals surface area contributed by atoms with Crippen molar-refractivity contribution in [2.75, 3.05) is 19.7 Å². The van der Waals surface area contributed by atoms with Crippen LogP contribution in [0, 0.1) is 5.92 Å². The van der Waals surface area contributed by atoms with Crippen LogP contribution in [0.25, 0.3) is 0 Å². The number of piperidine rings is 1. The fourth-order valence-electron chi connectivity index (χ4n) is 3.33. The Bertz CT molecular complexity index is 596. The largest absolute Gasteiger partial charge is 0.395 e. The number of benzene rings is 1. The molecule has 1 saturated carbocycles. The molecule has 2 aliphatic rings. The first kappa shape index (κ1) is 16.9. The monoisotopic (exact) mass is 338 g/mol. The van der Waals surface area contributed by atoms with E-state index in [0.29, 0.717) is 25.6 Å². The van der Waals surface area contributed by atoms with Crippen LogP contribution in [0.2, 0.25) is 0 Å². The summed E-state index contributed by atoms with van der Waals surface area (Å²) in [5.41, 5.74) is 0.965. The minimum Gasteiger partial charge on any atom is -0.395 e. The van der Waals surface area contributed by atoms with Gasteiger partial charge in [0.2, 0.25) is 0 Å². The van der Waals surface area contributed by atoms with Crippen molar-refractivity contribution in [3.63, 3.8) is 0 Å². The van der Waals surface area contributed by atoms with E-state index < -0.39 is 10.2 Å². The summed E-state index contributed by atoms with van der Waals surface area (Å²) >= 11 is 0. The Morgan fingerprint density at radius 2 is 1.78 bits per heavy atom. The number of rotatable bonds is 7. The molecule has 1 heterocycles. The van der Waals surface area contributed by atoms with Crippen molar-refractivity contribution in [3.05, 3.63) is 35.9 Å². The maximum Gasteiger partial charge on any atom is 0.282 e. The third kappa shape index (κ3) is 3.94. The highest BCUT2D eigenvalue weighted by Gasteiger charge is 2.42. The van der Waals surface area contributed by atoms with Gasteiger partial charge in [0, 0.05) is 19.6 Å². The van der Waals surface area contributed by atoms with E-state index in [1.165, 1.54) is 0 Å². The fourth-order valence-corrected chi connectivity index (χ4v) is 5.24. The second-order valence-corrected chi connectivity index (χ2v) is 8.47. The molecule has 1 aromatic rings. The molecule has 128 valence electrons. The lowest BCUT2D eigenvalue weighted by molar-refractivity contribution is 0.157. The van der Waals surface area contributed by atoms with Crippen molar-refractivity contribution < 1.29 is 13.5 Å². The van der Waals surface area contributed by atoms with Gasteiger partial charge in [-0.15, -0.1) is 0 Å². The number of nitrogens with zero attached hydrogens (tertiary/aromatic N) is 2. The first-order valence-electron chi connectivity index (χ1n) is 8.54. The standard InChI is InChI=1S/C17H26N2O3S/c20-14-17(16-9-10-16)19(13-15-7-3-1-4-8-15)23(21,22)18-11-5-2-6-12-18/h1,3-4,7-8,16-17,20H,2,5-6,9-14H2. The van der Waals surface area contributed by atoms with Crippen LogP contribution in [0.1, 0.15) is 37.7 Å². The molecule has 1 N–H and O–H groups in total. The molecule has 1 aliphatic carbocycles. The highest BCUT2D eigenvalue weighted by atomic mass is 32.2. The van der Waals surface area contributed by atoms with E-state index in [0.717, 1.165) is 37.7 Å². The van der Waals surface area contributed by atoms with Gasteiger partial charge in [-0.1, -0.05) is 36.8 Å². The fraction of sp³-hybridized carbons (Fsp3) is 0.647. The quantitative estimate of drug-likeness (QED) is 0.827. The van der Waals surface area contributed by atoms with Crippen molar-refractivity contribution in [3.8, 4) is 0 Å². The molecule has 1 aliphatic heterocycles. The lowest BCUT2D eigenvalue weighted by atomic mass is 10.1. The first-order valence-corrected chi connectivity index (χ1v) is 9.94. The molecule has 0 amide bonds. The summed E-state index contributed by atoms with van der Waals surface area (Å²) in [7, 11) is -3.53. The Balaban J connectivity index is 1.86. The molecule has 6 heteroatoms. The molecule has 2 fully saturated rings. The topological polar surface area (TPSA) is 60.9 Å². The van der Waals surface area contributed by atoms with Gasteiger partial charge in [-0.25, -0.2) is 0 Å². The molecule has 0 bridgehead atoms. The van der Waals surface area contributed by atoms with E-state index in [1.807, 2.05) is 30.3 Å². The van der Waals surface area contributed by atoms with Crippen molar-refractivity contribution in [2.45, 2.75) is 44.7 Å². The second kappa shape index (κ2) is 7.30. The van der Waals surface area contributed by atoms with Gasteiger partial charge < -0.3 is 5.11 Å². The third-order valence-electron chi connectivity index (χ3n) is 4.84. The molecular formula is C17H26N2O3S. The Hall–Kier alpha value is -0.950. The zero-order valence-corrected chi connectivity index (χ0v) is 14.3. The molecule has 5 nitrogen and oxygen atoms in total. The highest BCUT2D eigenvalue weighted by molar-refractivity contribution is 7.86. The molecule has 0 radical (unpaired) electrons. The van der Waals surface area contributed by atoms with E-state index in [9.17, 15) is 13.5 Å². The molecule has 1 aromatic carbocycles. The molecule has 23 heavy (non-hydrogen) atoms. The van der Waals surface area contributed by atoms with E-state index in [2.05, 4.69) is 0 Å². The molecule has 0 spiro atoms. The summed E-state index contributed by atoms with van der Waals surface area (Å²) in [6.07, 6.45) is 4.95. The van der Waals surface area contributed by atoms with Crippen LogP contribution in [0.5, 0.6) is 0 Å². The minimum atomic E-state index is -3.53. The molecule has 0 aromatic heterocycles. The van der Waals surface area contributed by atoms with E-state index in [-0.39, 0.29) is 12.6 Å². The van der Waals surface area contributed by atoms with Gasteiger partial charge in [0.15, 0.2) is 0 Å². The lowest BCUT2D eigenvalue weighted by Gasteiger charge is -2.36. The molecule has 3 rings (SSSR count). The Labute approximate surface area is 139 Å². The number of hydrogen-bond acceptors (Lipinski definition) is 3. The Kier molecular flexibility index (Phi) is 5.36. The maximum absolute atomic E-state index is 13.2. The van der Waals surface area contributed by atoms with Gasteiger partial charge in [0.25, 0.3) is 10.2 Å². The SMILES string of the molecule is O=S(=O)(N1CCCCC1)N(Cc1ccccc1)C(CO)C1CC1. The smallest absolute Gasteiger partial charge is 0.282 e. The third-order valence-corrected chi connectivity index (χ3v) is 6.85. The van der Waals surface area contributed by atoms with Crippen LogP contribution in [0.3, 0.4) is 0 Å². The summed E-state index contributed by atoms with van der Waals surface area (Å²) in [4.78, 5) is 0.